The number of benzene rings is 2. The van der Waals surface area contributed by atoms with E-state index in [4.69, 9.17) is 9.47 Å². The molecule has 0 radical (unpaired) electrons. The lowest BCUT2D eigenvalue weighted by molar-refractivity contribution is -0.132. The van der Waals surface area contributed by atoms with Crippen molar-refractivity contribution in [1.29, 1.82) is 0 Å². The number of ether oxygens (including phenoxy) is 2. The van der Waals surface area contributed by atoms with Gasteiger partial charge in [-0.3, -0.25) is 9.69 Å². The highest BCUT2D eigenvalue weighted by molar-refractivity contribution is 5.79. The lowest BCUT2D eigenvalue weighted by Crippen LogP contribution is -2.48. The summed E-state index contributed by atoms with van der Waals surface area (Å²) < 4.78 is 11.0. The number of carbonyl (C=O) groups is 1. The van der Waals surface area contributed by atoms with Crippen LogP contribution in [0.3, 0.4) is 0 Å². The summed E-state index contributed by atoms with van der Waals surface area (Å²) in [5, 5.41) is 0. The number of amides is 1. The number of hydrogen-bond acceptors (Lipinski definition) is 4. The molecule has 0 unspecified atom stereocenters. The van der Waals surface area contributed by atoms with Gasteiger partial charge in [0.25, 0.3) is 0 Å². The predicted molar refractivity (Wildman–Crippen MR) is 111 cm³/mol. The minimum Gasteiger partial charge on any atom is -0.497 e. The van der Waals surface area contributed by atoms with Crippen molar-refractivity contribution in [2.45, 2.75) is 32.9 Å². The standard InChI is InChI=1S/C23H30N2O3/c1-18(2)28-22-9-5-7-20(15-22)17-24-10-12-25(13-11-24)23(26)16-19-6-4-8-21(14-19)27-3/h4-9,14-15,18H,10-13,16-17H2,1-3H3. The van der Waals surface area contributed by atoms with Gasteiger partial charge in [-0.1, -0.05) is 24.3 Å². The molecule has 2 aromatic carbocycles. The van der Waals surface area contributed by atoms with Crippen LogP contribution in [-0.4, -0.2) is 55.1 Å². The minimum absolute atomic E-state index is 0.175. The van der Waals surface area contributed by atoms with Crippen molar-refractivity contribution in [3.63, 3.8) is 0 Å². The second kappa shape index (κ2) is 9.60. The summed E-state index contributed by atoms with van der Waals surface area (Å²) in [7, 11) is 1.64. The molecule has 0 N–H and O–H groups in total. The SMILES string of the molecule is COc1cccc(CC(=O)N2CCN(Cc3cccc(OC(C)C)c3)CC2)c1. The van der Waals surface area contributed by atoms with Gasteiger partial charge in [0.1, 0.15) is 11.5 Å². The van der Waals surface area contributed by atoms with Gasteiger partial charge in [-0.15, -0.1) is 0 Å². The maximum absolute atomic E-state index is 12.6. The van der Waals surface area contributed by atoms with Gasteiger partial charge in [0.2, 0.25) is 5.91 Å². The zero-order valence-corrected chi connectivity index (χ0v) is 17.1. The van der Waals surface area contributed by atoms with Gasteiger partial charge in [-0.2, -0.15) is 0 Å². The lowest BCUT2D eigenvalue weighted by Gasteiger charge is -2.35. The molecule has 0 aromatic heterocycles. The Hall–Kier alpha value is -2.53. The quantitative estimate of drug-likeness (QED) is 0.736. The first-order valence-electron chi connectivity index (χ1n) is 9.92. The molecule has 0 atom stereocenters. The lowest BCUT2D eigenvalue weighted by atomic mass is 10.1. The molecule has 0 spiro atoms. The third kappa shape index (κ3) is 5.73. The van der Waals surface area contributed by atoms with E-state index in [2.05, 4.69) is 17.0 Å². The fraction of sp³-hybridized carbons (Fsp3) is 0.435. The minimum atomic E-state index is 0.175. The van der Waals surface area contributed by atoms with Crippen molar-refractivity contribution >= 4 is 5.91 Å². The summed E-state index contributed by atoms with van der Waals surface area (Å²) in [6.07, 6.45) is 0.598. The number of carbonyl (C=O) groups excluding carboxylic acids is 1. The maximum atomic E-state index is 12.6. The van der Waals surface area contributed by atoms with E-state index in [1.165, 1.54) is 5.56 Å². The maximum Gasteiger partial charge on any atom is 0.227 e. The van der Waals surface area contributed by atoms with E-state index in [9.17, 15) is 4.79 Å². The van der Waals surface area contributed by atoms with E-state index >= 15 is 0 Å². The fourth-order valence-corrected chi connectivity index (χ4v) is 3.47. The Morgan fingerprint density at radius 1 is 0.964 bits per heavy atom. The number of hydrogen-bond donors (Lipinski definition) is 0. The van der Waals surface area contributed by atoms with Gasteiger partial charge in [-0.25, -0.2) is 0 Å². The topological polar surface area (TPSA) is 42.0 Å². The molecule has 1 aliphatic rings. The molecule has 1 fully saturated rings. The number of nitrogens with zero attached hydrogens (tertiary/aromatic N) is 2. The van der Waals surface area contributed by atoms with Crippen LogP contribution in [0.2, 0.25) is 0 Å². The van der Waals surface area contributed by atoms with Crippen molar-refractivity contribution in [2.24, 2.45) is 0 Å². The van der Waals surface area contributed by atoms with Crippen molar-refractivity contribution in [3.05, 3.63) is 59.7 Å². The van der Waals surface area contributed by atoms with Gasteiger partial charge in [0.15, 0.2) is 0 Å². The van der Waals surface area contributed by atoms with Crippen molar-refractivity contribution < 1.29 is 14.3 Å². The molecule has 1 aliphatic heterocycles. The summed E-state index contributed by atoms with van der Waals surface area (Å²) >= 11 is 0. The summed E-state index contributed by atoms with van der Waals surface area (Å²) in [5.74, 6) is 1.89. The molecular formula is C23H30N2O3. The fourth-order valence-electron chi connectivity index (χ4n) is 3.47. The predicted octanol–water partition coefficient (Wildman–Crippen LogP) is 3.37. The first-order valence-corrected chi connectivity index (χ1v) is 9.92. The molecule has 5 nitrogen and oxygen atoms in total. The van der Waals surface area contributed by atoms with Crippen LogP contribution in [0.4, 0.5) is 0 Å². The number of piperazine rings is 1. The number of rotatable bonds is 7. The monoisotopic (exact) mass is 382 g/mol. The zero-order valence-electron chi connectivity index (χ0n) is 17.1. The molecule has 150 valence electrons. The molecule has 1 amide bonds. The Bertz CT molecular complexity index is 783. The van der Waals surface area contributed by atoms with E-state index in [0.717, 1.165) is 49.8 Å². The Morgan fingerprint density at radius 3 is 2.29 bits per heavy atom. The second-order valence-electron chi connectivity index (χ2n) is 7.50. The highest BCUT2D eigenvalue weighted by Gasteiger charge is 2.21. The Morgan fingerprint density at radius 2 is 1.61 bits per heavy atom. The average molecular weight is 383 g/mol. The summed E-state index contributed by atoms with van der Waals surface area (Å²) in [6.45, 7) is 8.27. The molecule has 1 heterocycles. The molecule has 0 bridgehead atoms. The van der Waals surface area contributed by atoms with Crippen molar-refractivity contribution in [3.8, 4) is 11.5 Å². The van der Waals surface area contributed by atoms with Gasteiger partial charge >= 0.3 is 0 Å². The molecule has 3 rings (SSSR count). The molecular weight excluding hydrogens is 352 g/mol. The normalized spacial score (nSPS) is 14.9. The van der Waals surface area contributed by atoms with Crippen molar-refractivity contribution in [1.82, 2.24) is 9.80 Å². The highest BCUT2D eigenvalue weighted by Crippen LogP contribution is 2.18. The van der Waals surface area contributed by atoms with E-state index in [1.54, 1.807) is 7.11 Å². The zero-order chi connectivity index (χ0) is 19.9. The van der Waals surface area contributed by atoms with Crippen LogP contribution < -0.4 is 9.47 Å². The van der Waals surface area contributed by atoms with E-state index in [1.807, 2.05) is 55.1 Å². The molecule has 0 aliphatic carbocycles. The first kappa shape index (κ1) is 20.2. The van der Waals surface area contributed by atoms with Crippen LogP contribution in [0, 0.1) is 0 Å². The van der Waals surface area contributed by atoms with E-state index in [-0.39, 0.29) is 12.0 Å². The Balaban J connectivity index is 1.49. The smallest absolute Gasteiger partial charge is 0.227 e. The van der Waals surface area contributed by atoms with Gasteiger partial charge in [0, 0.05) is 32.7 Å². The molecule has 2 aromatic rings. The molecule has 5 heteroatoms. The van der Waals surface area contributed by atoms with Crippen LogP contribution >= 0.6 is 0 Å². The summed E-state index contributed by atoms with van der Waals surface area (Å²) in [5.41, 5.74) is 2.24. The number of methoxy groups -OCH3 is 1. The first-order chi connectivity index (χ1) is 13.5. The molecule has 1 saturated heterocycles. The second-order valence-corrected chi connectivity index (χ2v) is 7.50. The average Bonchev–Trinajstić information content (AvgIpc) is 2.68. The highest BCUT2D eigenvalue weighted by atomic mass is 16.5. The van der Waals surface area contributed by atoms with Gasteiger partial charge in [-0.05, 0) is 49.2 Å². The van der Waals surface area contributed by atoms with Gasteiger partial charge in [0.05, 0.1) is 19.6 Å². The largest absolute Gasteiger partial charge is 0.497 e. The van der Waals surface area contributed by atoms with Gasteiger partial charge < -0.3 is 14.4 Å². The van der Waals surface area contributed by atoms with Crippen LogP contribution in [0.5, 0.6) is 11.5 Å². The van der Waals surface area contributed by atoms with Crippen molar-refractivity contribution in [2.75, 3.05) is 33.3 Å². The molecule has 0 saturated carbocycles. The Kier molecular flexibility index (Phi) is 6.93. The summed E-state index contributed by atoms with van der Waals surface area (Å²) in [6, 6.07) is 16.0. The summed E-state index contributed by atoms with van der Waals surface area (Å²) in [4.78, 5) is 17.0. The van der Waals surface area contributed by atoms with Crippen LogP contribution in [0.15, 0.2) is 48.5 Å². The van der Waals surface area contributed by atoms with Crippen LogP contribution in [-0.2, 0) is 17.8 Å². The third-order valence-corrected chi connectivity index (χ3v) is 4.89. The van der Waals surface area contributed by atoms with E-state index in [0.29, 0.717) is 6.42 Å². The third-order valence-electron chi connectivity index (χ3n) is 4.89. The molecule has 28 heavy (non-hydrogen) atoms. The van der Waals surface area contributed by atoms with E-state index < -0.39 is 0 Å². The Labute approximate surface area is 167 Å². The van der Waals surface area contributed by atoms with Crippen LogP contribution in [0.25, 0.3) is 0 Å². The van der Waals surface area contributed by atoms with Crippen LogP contribution in [0.1, 0.15) is 25.0 Å².